The topological polar surface area (TPSA) is 18.5 Å². The number of hydrogen-bond acceptors (Lipinski definition) is 2. The third kappa shape index (κ3) is 0.383. The fraction of sp³-hybridized carbons (Fsp3) is 1.00. The highest BCUT2D eigenvalue weighted by Gasteiger charge is 2.65. The van der Waals surface area contributed by atoms with Gasteiger partial charge >= 0.3 is 0 Å². The van der Waals surface area contributed by atoms with Gasteiger partial charge in [-0.25, -0.2) is 9.78 Å². The molecule has 3 aliphatic rings. The minimum absolute atomic E-state index is 0.475. The van der Waals surface area contributed by atoms with Gasteiger partial charge in [0.1, 0.15) is 12.2 Å². The van der Waals surface area contributed by atoms with Crippen molar-refractivity contribution in [3.8, 4) is 0 Å². The first-order valence-electron chi connectivity index (χ1n) is 3.74. The Bertz CT molecular complexity index is 129. The molecule has 3 fully saturated rings. The van der Waals surface area contributed by atoms with Gasteiger partial charge in [-0.2, -0.15) is 0 Å². The van der Waals surface area contributed by atoms with E-state index >= 15 is 0 Å². The van der Waals surface area contributed by atoms with Crippen LogP contribution < -0.4 is 0 Å². The van der Waals surface area contributed by atoms with Crippen molar-refractivity contribution in [3.05, 3.63) is 0 Å². The van der Waals surface area contributed by atoms with E-state index in [4.69, 9.17) is 9.78 Å². The Morgan fingerprint density at radius 3 is 1.78 bits per heavy atom. The normalized spacial score (nSPS) is 50.7. The van der Waals surface area contributed by atoms with E-state index in [0.29, 0.717) is 17.6 Å². The number of rotatable bonds is 0. The molecule has 0 amide bonds. The fourth-order valence-electron chi connectivity index (χ4n) is 2.30. The van der Waals surface area contributed by atoms with Crippen LogP contribution in [0.25, 0.3) is 0 Å². The summed E-state index contributed by atoms with van der Waals surface area (Å²) in [4.78, 5) is 10.3. The highest BCUT2D eigenvalue weighted by atomic mass is 17.2. The van der Waals surface area contributed by atoms with Gasteiger partial charge in [-0.1, -0.05) is 0 Å². The van der Waals surface area contributed by atoms with Crippen LogP contribution >= 0.6 is 0 Å². The summed E-state index contributed by atoms with van der Waals surface area (Å²) in [5.74, 6) is 0. The Morgan fingerprint density at radius 1 is 1.00 bits per heavy atom. The van der Waals surface area contributed by atoms with Crippen LogP contribution in [0.15, 0.2) is 0 Å². The average Bonchev–Trinajstić information content (AvgIpc) is 2.53. The average molecular weight is 126 g/mol. The molecule has 2 nitrogen and oxygen atoms in total. The molecule has 1 saturated heterocycles. The molecule has 2 heteroatoms. The molecule has 1 aliphatic heterocycles. The lowest BCUT2D eigenvalue weighted by Gasteiger charge is -2.06. The molecule has 2 saturated carbocycles. The summed E-state index contributed by atoms with van der Waals surface area (Å²) in [6.45, 7) is 0. The molecule has 0 aromatic rings. The molecular weight excluding hydrogens is 116 g/mol. The molecule has 1 heterocycles. The highest BCUT2D eigenvalue weighted by molar-refractivity contribution is 5.10. The molecule has 50 valence electrons. The predicted molar refractivity (Wildman–Crippen MR) is 30.6 cm³/mol. The molecule has 0 aromatic carbocycles. The van der Waals surface area contributed by atoms with Gasteiger partial charge in [-0.05, 0) is 25.7 Å². The molecule has 9 heavy (non-hydrogen) atoms. The second kappa shape index (κ2) is 1.18. The largest absolute Gasteiger partial charge is 0.232 e. The van der Waals surface area contributed by atoms with E-state index in [1.54, 1.807) is 0 Å². The SMILES string of the molecule is C1C[C@H]2OO[C@@H]1C21CC1. The Labute approximate surface area is 54.1 Å². The summed E-state index contributed by atoms with van der Waals surface area (Å²) >= 11 is 0. The Morgan fingerprint density at radius 2 is 1.56 bits per heavy atom. The van der Waals surface area contributed by atoms with Crippen molar-refractivity contribution in [1.29, 1.82) is 0 Å². The summed E-state index contributed by atoms with van der Waals surface area (Å²) in [5, 5.41) is 0. The first kappa shape index (κ1) is 4.69. The summed E-state index contributed by atoms with van der Waals surface area (Å²) in [6, 6.07) is 0. The second-order valence-electron chi connectivity index (χ2n) is 3.48. The number of hydrogen-bond donors (Lipinski definition) is 0. The molecular formula is C7H10O2. The quantitative estimate of drug-likeness (QED) is 0.455. The van der Waals surface area contributed by atoms with Crippen molar-refractivity contribution in [2.75, 3.05) is 0 Å². The van der Waals surface area contributed by atoms with Crippen molar-refractivity contribution >= 4 is 0 Å². The summed E-state index contributed by atoms with van der Waals surface area (Å²) < 4.78 is 0. The third-order valence-corrected chi connectivity index (χ3v) is 3.09. The zero-order chi connectivity index (χ0) is 5.90. The van der Waals surface area contributed by atoms with Gasteiger partial charge in [-0.3, -0.25) is 0 Å². The maximum atomic E-state index is 5.13. The van der Waals surface area contributed by atoms with Crippen LogP contribution in [0.3, 0.4) is 0 Å². The fourth-order valence-corrected chi connectivity index (χ4v) is 2.30. The zero-order valence-corrected chi connectivity index (χ0v) is 5.30. The van der Waals surface area contributed by atoms with Crippen LogP contribution in [0.2, 0.25) is 0 Å². The smallest absolute Gasteiger partial charge is 0.101 e. The third-order valence-electron chi connectivity index (χ3n) is 3.09. The van der Waals surface area contributed by atoms with Gasteiger partial charge in [0.05, 0.1) is 0 Å². The van der Waals surface area contributed by atoms with Crippen LogP contribution in [0.4, 0.5) is 0 Å². The maximum Gasteiger partial charge on any atom is 0.101 e. The van der Waals surface area contributed by atoms with E-state index in [2.05, 4.69) is 0 Å². The van der Waals surface area contributed by atoms with E-state index in [9.17, 15) is 0 Å². The van der Waals surface area contributed by atoms with Gasteiger partial charge in [0.15, 0.2) is 0 Å². The standard InChI is InChI=1S/C7H10O2/c1-2-6-7(3-4-7)5(1)8-9-6/h5-6H,1-4H2/t5-,6+. The van der Waals surface area contributed by atoms with Crippen LogP contribution in [-0.2, 0) is 9.78 Å². The molecule has 0 aromatic heterocycles. The van der Waals surface area contributed by atoms with Gasteiger partial charge in [0, 0.05) is 5.41 Å². The van der Waals surface area contributed by atoms with Gasteiger partial charge in [0.2, 0.25) is 0 Å². The Kier molecular flexibility index (Phi) is 0.616. The van der Waals surface area contributed by atoms with Crippen LogP contribution in [0.1, 0.15) is 25.7 Å². The summed E-state index contributed by atoms with van der Waals surface area (Å²) in [6.07, 6.45) is 6.13. The predicted octanol–water partition coefficient (Wildman–Crippen LogP) is 1.26. The molecule has 3 rings (SSSR count). The lowest BCUT2D eigenvalue weighted by atomic mass is 10.0. The lowest BCUT2D eigenvalue weighted by molar-refractivity contribution is -0.315. The Hall–Kier alpha value is -0.0800. The first-order chi connectivity index (χ1) is 4.42. The highest BCUT2D eigenvalue weighted by Crippen LogP contribution is 2.63. The van der Waals surface area contributed by atoms with E-state index in [1.165, 1.54) is 25.7 Å². The van der Waals surface area contributed by atoms with E-state index in [-0.39, 0.29) is 0 Å². The molecule has 0 radical (unpaired) electrons. The molecule has 1 spiro atoms. The van der Waals surface area contributed by atoms with Crippen LogP contribution in [0, 0.1) is 5.41 Å². The molecule has 2 bridgehead atoms. The van der Waals surface area contributed by atoms with Crippen molar-refractivity contribution < 1.29 is 9.78 Å². The molecule has 2 atom stereocenters. The lowest BCUT2D eigenvalue weighted by Crippen LogP contribution is -2.14. The second-order valence-corrected chi connectivity index (χ2v) is 3.48. The summed E-state index contributed by atoms with van der Waals surface area (Å²) in [5.41, 5.74) is 0.528. The maximum absolute atomic E-state index is 5.13. The zero-order valence-electron chi connectivity index (χ0n) is 5.30. The van der Waals surface area contributed by atoms with Crippen molar-refractivity contribution in [2.24, 2.45) is 5.41 Å². The van der Waals surface area contributed by atoms with Gasteiger partial charge in [-0.15, -0.1) is 0 Å². The minimum Gasteiger partial charge on any atom is -0.232 e. The van der Waals surface area contributed by atoms with Gasteiger partial charge < -0.3 is 0 Å². The molecule has 2 aliphatic carbocycles. The van der Waals surface area contributed by atoms with Crippen LogP contribution in [-0.4, -0.2) is 12.2 Å². The van der Waals surface area contributed by atoms with Crippen LogP contribution in [0.5, 0.6) is 0 Å². The van der Waals surface area contributed by atoms with E-state index in [0.717, 1.165) is 0 Å². The first-order valence-corrected chi connectivity index (χ1v) is 3.74. The monoisotopic (exact) mass is 126 g/mol. The van der Waals surface area contributed by atoms with Crippen molar-refractivity contribution in [1.82, 2.24) is 0 Å². The van der Waals surface area contributed by atoms with E-state index < -0.39 is 0 Å². The van der Waals surface area contributed by atoms with Gasteiger partial charge in [0.25, 0.3) is 0 Å². The molecule has 0 N–H and O–H groups in total. The summed E-state index contributed by atoms with van der Waals surface area (Å²) in [7, 11) is 0. The Balaban J connectivity index is 2.03. The molecule has 0 unspecified atom stereocenters. The van der Waals surface area contributed by atoms with E-state index in [1.807, 2.05) is 0 Å². The minimum atomic E-state index is 0.475. The van der Waals surface area contributed by atoms with Crippen molar-refractivity contribution in [2.45, 2.75) is 37.9 Å². The van der Waals surface area contributed by atoms with Crippen molar-refractivity contribution in [3.63, 3.8) is 0 Å².